The van der Waals surface area contributed by atoms with Crippen molar-refractivity contribution >= 4 is 17.6 Å². The first-order valence-electron chi connectivity index (χ1n) is 8.68. The number of unbranched alkanes of at least 4 members (excludes halogenated alkanes) is 2. The standard InChI is InChI=1S/C18H30N4O2/c1-4-6-7-11-20-18(19-5-2)21-12-13-24-17-10-8-9-16(14-17)22-15(3)23/h8-10,14H,4-7,11-13H2,1-3H3,(H,22,23)(H2,19,20,21). The van der Waals surface area contributed by atoms with Crippen molar-refractivity contribution in [2.45, 2.75) is 40.0 Å². The van der Waals surface area contributed by atoms with Crippen LogP contribution in [0.3, 0.4) is 0 Å². The molecule has 0 aromatic heterocycles. The van der Waals surface area contributed by atoms with Crippen LogP contribution < -0.4 is 20.7 Å². The van der Waals surface area contributed by atoms with Gasteiger partial charge in [-0.25, -0.2) is 0 Å². The first-order chi connectivity index (χ1) is 11.7. The minimum Gasteiger partial charge on any atom is -0.492 e. The van der Waals surface area contributed by atoms with Gasteiger partial charge in [-0.1, -0.05) is 25.8 Å². The van der Waals surface area contributed by atoms with Gasteiger partial charge in [-0.15, -0.1) is 0 Å². The van der Waals surface area contributed by atoms with Crippen molar-refractivity contribution in [2.75, 3.05) is 31.6 Å². The zero-order valence-corrected chi connectivity index (χ0v) is 15.0. The molecule has 1 rings (SSSR count). The Morgan fingerprint density at radius 3 is 2.75 bits per heavy atom. The van der Waals surface area contributed by atoms with Crippen molar-refractivity contribution in [1.82, 2.24) is 10.6 Å². The Bertz CT molecular complexity index is 517. The number of anilines is 1. The Balaban J connectivity index is 2.35. The molecule has 0 atom stereocenters. The largest absolute Gasteiger partial charge is 0.492 e. The molecule has 1 amide bonds. The topological polar surface area (TPSA) is 74.8 Å². The van der Waals surface area contributed by atoms with E-state index in [1.54, 1.807) is 0 Å². The summed E-state index contributed by atoms with van der Waals surface area (Å²) in [6, 6.07) is 7.37. The molecule has 0 unspecified atom stereocenters. The first-order valence-corrected chi connectivity index (χ1v) is 8.68. The van der Waals surface area contributed by atoms with E-state index >= 15 is 0 Å². The molecule has 0 aliphatic rings. The molecule has 3 N–H and O–H groups in total. The van der Waals surface area contributed by atoms with Gasteiger partial charge < -0.3 is 20.7 Å². The van der Waals surface area contributed by atoms with Crippen LogP contribution >= 0.6 is 0 Å². The molecule has 1 aromatic carbocycles. The Labute approximate surface area is 145 Å². The van der Waals surface area contributed by atoms with E-state index in [-0.39, 0.29) is 5.91 Å². The summed E-state index contributed by atoms with van der Waals surface area (Å²) in [7, 11) is 0. The van der Waals surface area contributed by atoms with Crippen molar-refractivity contribution in [2.24, 2.45) is 4.99 Å². The molecule has 0 fully saturated rings. The number of guanidine groups is 1. The lowest BCUT2D eigenvalue weighted by Gasteiger charge is -2.12. The van der Waals surface area contributed by atoms with Gasteiger partial charge in [0.1, 0.15) is 12.4 Å². The van der Waals surface area contributed by atoms with Gasteiger partial charge in [0.25, 0.3) is 0 Å². The highest BCUT2D eigenvalue weighted by Crippen LogP contribution is 2.16. The van der Waals surface area contributed by atoms with Crippen molar-refractivity contribution in [3.05, 3.63) is 24.3 Å². The van der Waals surface area contributed by atoms with Crippen LogP contribution in [0.5, 0.6) is 5.75 Å². The lowest BCUT2D eigenvalue weighted by Crippen LogP contribution is -2.39. The second-order valence-electron chi connectivity index (χ2n) is 5.45. The highest BCUT2D eigenvalue weighted by atomic mass is 16.5. The number of hydrogen-bond donors (Lipinski definition) is 3. The molecule has 134 valence electrons. The zero-order valence-electron chi connectivity index (χ0n) is 15.0. The number of nitrogens with one attached hydrogen (secondary N) is 3. The maximum absolute atomic E-state index is 11.1. The zero-order chi connectivity index (χ0) is 17.6. The number of ether oxygens (including phenoxy) is 1. The van der Waals surface area contributed by atoms with E-state index in [1.807, 2.05) is 31.2 Å². The van der Waals surface area contributed by atoms with Crippen molar-refractivity contribution in [3.63, 3.8) is 0 Å². The third kappa shape index (κ3) is 9.02. The summed E-state index contributed by atoms with van der Waals surface area (Å²) in [5.41, 5.74) is 0.735. The van der Waals surface area contributed by atoms with Crippen molar-refractivity contribution in [3.8, 4) is 5.75 Å². The minimum absolute atomic E-state index is 0.0941. The Kier molecular flexibility index (Phi) is 10.1. The quantitative estimate of drug-likeness (QED) is 0.349. The highest BCUT2D eigenvalue weighted by molar-refractivity contribution is 5.88. The van der Waals surface area contributed by atoms with Crippen molar-refractivity contribution in [1.29, 1.82) is 0 Å². The Hall–Kier alpha value is -2.24. The van der Waals surface area contributed by atoms with Crippen LogP contribution in [0.25, 0.3) is 0 Å². The predicted molar refractivity (Wildman–Crippen MR) is 99.7 cm³/mol. The molecule has 0 spiro atoms. The van der Waals surface area contributed by atoms with Gasteiger partial charge in [-0.05, 0) is 25.5 Å². The number of amides is 1. The SMILES string of the molecule is CCCCCN=C(NCC)NCCOc1cccc(NC(C)=O)c1. The smallest absolute Gasteiger partial charge is 0.221 e. The fraction of sp³-hybridized carbons (Fsp3) is 0.556. The highest BCUT2D eigenvalue weighted by Gasteiger charge is 2.00. The van der Waals surface area contributed by atoms with E-state index in [9.17, 15) is 4.79 Å². The molecule has 6 heteroatoms. The summed E-state index contributed by atoms with van der Waals surface area (Å²) in [5.74, 6) is 1.46. The van der Waals surface area contributed by atoms with E-state index in [2.05, 4.69) is 27.9 Å². The molecule has 0 aliphatic heterocycles. The fourth-order valence-corrected chi connectivity index (χ4v) is 2.10. The normalized spacial score (nSPS) is 11.0. The summed E-state index contributed by atoms with van der Waals surface area (Å²) >= 11 is 0. The average Bonchev–Trinajstić information content (AvgIpc) is 2.55. The van der Waals surface area contributed by atoms with Crippen LogP contribution in [-0.4, -0.2) is 38.1 Å². The molecule has 24 heavy (non-hydrogen) atoms. The number of hydrogen-bond acceptors (Lipinski definition) is 3. The van der Waals surface area contributed by atoms with Gasteiger partial charge in [-0.3, -0.25) is 9.79 Å². The van der Waals surface area contributed by atoms with Crippen molar-refractivity contribution < 1.29 is 9.53 Å². The number of benzene rings is 1. The average molecular weight is 334 g/mol. The maximum Gasteiger partial charge on any atom is 0.221 e. The van der Waals surface area contributed by atoms with E-state index in [0.29, 0.717) is 13.2 Å². The van der Waals surface area contributed by atoms with Gasteiger partial charge in [0, 0.05) is 31.8 Å². The maximum atomic E-state index is 11.1. The molecule has 1 aromatic rings. The van der Waals surface area contributed by atoms with Crippen LogP contribution in [-0.2, 0) is 4.79 Å². The fourth-order valence-electron chi connectivity index (χ4n) is 2.10. The molecule has 0 radical (unpaired) electrons. The van der Waals surface area contributed by atoms with Gasteiger partial charge in [0.05, 0.1) is 6.54 Å². The van der Waals surface area contributed by atoms with Gasteiger partial charge in [0.2, 0.25) is 5.91 Å². The Morgan fingerprint density at radius 1 is 1.21 bits per heavy atom. The van der Waals surface area contributed by atoms with Crippen LogP contribution in [0.2, 0.25) is 0 Å². The summed E-state index contributed by atoms with van der Waals surface area (Å²) in [6.45, 7) is 8.56. The van der Waals surface area contributed by atoms with Crippen LogP contribution in [0.15, 0.2) is 29.3 Å². The third-order valence-corrected chi connectivity index (χ3v) is 3.19. The molecule has 0 saturated heterocycles. The number of nitrogens with zero attached hydrogens (tertiary/aromatic N) is 1. The number of carbonyl (C=O) groups excluding carboxylic acids is 1. The van der Waals surface area contributed by atoms with Gasteiger partial charge >= 0.3 is 0 Å². The van der Waals surface area contributed by atoms with Gasteiger partial charge in [-0.2, -0.15) is 0 Å². The molecule has 0 aliphatic carbocycles. The second-order valence-corrected chi connectivity index (χ2v) is 5.45. The molecule has 0 saturated carbocycles. The lowest BCUT2D eigenvalue weighted by molar-refractivity contribution is -0.114. The second kappa shape index (κ2) is 12.2. The number of aliphatic imine (C=N–C) groups is 1. The number of carbonyl (C=O) groups is 1. The van der Waals surface area contributed by atoms with Gasteiger partial charge in [0.15, 0.2) is 5.96 Å². The molecular weight excluding hydrogens is 304 g/mol. The monoisotopic (exact) mass is 334 g/mol. The first kappa shape index (κ1) is 19.8. The summed E-state index contributed by atoms with van der Waals surface area (Å²) < 4.78 is 5.70. The predicted octanol–water partition coefficient (Wildman–Crippen LogP) is 2.77. The van der Waals surface area contributed by atoms with E-state index in [1.165, 1.54) is 19.8 Å². The van der Waals surface area contributed by atoms with E-state index in [0.717, 1.165) is 36.9 Å². The van der Waals surface area contributed by atoms with Crippen LogP contribution in [0.1, 0.15) is 40.0 Å². The molecule has 0 heterocycles. The summed E-state index contributed by atoms with van der Waals surface area (Å²) in [6.07, 6.45) is 3.51. The number of rotatable bonds is 10. The Morgan fingerprint density at radius 2 is 2.04 bits per heavy atom. The molecule has 6 nitrogen and oxygen atoms in total. The third-order valence-electron chi connectivity index (χ3n) is 3.19. The minimum atomic E-state index is -0.0941. The van der Waals surface area contributed by atoms with E-state index in [4.69, 9.17) is 4.74 Å². The lowest BCUT2D eigenvalue weighted by atomic mass is 10.2. The van der Waals surface area contributed by atoms with Crippen LogP contribution in [0, 0.1) is 0 Å². The molecule has 0 bridgehead atoms. The summed E-state index contributed by atoms with van der Waals surface area (Å²) in [4.78, 5) is 15.6. The van der Waals surface area contributed by atoms with Crippen LogP contribution in [0.4, 0.5) is 5.69 Å². The summed E-state index contributed by atoms with van der Waals surface area (Å²) in [5, 5.41) is 9.22. The molecular formula is C18H30N4O2. The van der Waals surface area contributed by atoms with E-state index < -0.39 is 0 Å².